The maximum Gasteiger partial charge on any atom is 0.329 e. The van der Waals surface area contributed by atoms with E-state index in [-0.39, 0.29) is 19.1 Å². The number of hydrogen-bond acceptors (Lipinski definition) is 6. The van der Waals surface area contributed by atoms with E-state index in [4.69, 9.17) is 14.4 Å². The van der Waals surface area contributed by atoms with Crippen LogP contribution in [0.15, 0.2) is 4.52 Å². The lowest BCUT2D eigenvalue weighted by molar-refractivity contribution is -0.142. The maximum absolute atomic E-state index is 10.1. The molecule has 0 aliphatic carbocycles. The first-order valence-electron chi connectivity index (χ1n) is 4.33. The summed E-state index contributed by atoms with van der Waals surface area (Å²) < 4.78 is 9.63. The molecule has 0 aromatic carbocycles. The zero-order chi connectivity index (χ0) is 11.3. The van der Waals surface area contributed by atoms with Crippen molar-refractivity contribution in [1.29, 1.82) is 0 Å². The van der Waals surface area contributed by atoms with Crippen molar-refractivity contribution in [2.75, 3.05) is 20.7 Å². The van der Waals surface area contributed by atoms with E-state index in [1.165, 1.54) is 0 Å². The number of hydrogen-bond donors (Lipinski definition) is 1. The van der Waals surface area contributed by atoms with E-state index >= 15 is 0 Å². The molecule has 0 saturated heterocycles. The van der Waals surface area contributed by atoms with Crippen molar-refractivity contribution in [2.45, 2.75) is 13.2 Å². The number of aromatic nitrogens is 2. The van der Waals surface area contributed by atoms with E-state index < -0.39 is 5.97 Å². The van der Waals surface area contributed by atoms with E-state index in [0.717, 1.165) is 0 Å². The summed E-state index contributed by atoms with van der Waals surface area (Å²) in [6.45, 7) is 0.223. The lowest BCUT2D eigenvalue weighted by atomic mass is 10.5. The summed E-state index contributed by atoms with van der Waals surface area (Å²) in [6.07, 6.45) is 0. The monoisotopic (exact) mass is 215 g/mol. The molecule has 0 radical (unpaired) electrons. The Labute approximate surface area is 86.6 Å². The Morgan fingerprint density at radius 2 is 2.33 bits per heavy atom. The molecule has 15 heavy (non-hydrogen) atoms. The quantitative estimate of drug-likeness (QED) is 0.698. The molecule has 0 fully saturated rings. The van der Waals surface area contributed by atoms with Gasteiger partial charge >= 0.3 is 5.97 Å². The highest BCUT2D eigenvalue weighted by atomic mass is 16.5. The highest BCUT2D eigenvalue weighted by molar-refractivity contribution is 5.67. The van der Waals surface area contributed by atoms with Crippen LogP contribution in [0.25, 0.3) is 0 Å². The Hall–Kier alpha value is -1.47. The molecule has 7 nitrogen and oxygen atoms in total. The summed E-state index contributed by atoms with van der Waals surface area (Å²) in [4.78, 5) is 16.0. The Balaban J connectivity index is 2.36. The van der Waals surface area contributed by atoms with Crippen LogP contribution in [0, 0.1) is 0 Å². The molecule has 0 unspecified atom stereocenters. The molecule has 0 saturated carbocycles. The first-order valence-corrected chi connectivity index (χ1v) is 4.33. The summed E-state index contributed by atoms with van der Waals surface area (Å²) in [5, 5.41) is 12.0. The number of nitrogens with zero attached hydrogens (tertiary/aromatic N) is 3. The summed E-state index contributed by atoms with van der Waals surface area (Å²) in [6, 6.07) is 0. The first-order chi connectivity index (χ1) is 7.08. The summed E-state index contributed by atoms with van der Waals surface area (Å²) in [5.74, 6) is -0.190. The Morgan fingerprint density at radius 1 is 1.60 bits per heavy atom. The number of ether oxygens (including phenoxy) is 1. The molecular weight excluding hydrogens is 202 g/mol. The Morgan fingerprint density at radius 3 is 2.93 bits per heavy atom. The second-order valence-corrected chi connectivity index (χ2v) is 3.23. The minimum atomic E-state index is -1.02. The standard InChI is InChI=1S/C8H13N3O4/c1-11(2)3-6-9-7(15-10-6)4-14-5-8(12)13/h3-5H2,1-2H3,(H,12,13). The third kappa shape index (κ3) is 4.52. The molecule has 1 rings (SSSR count). The molecule has 1 aromatic rings. The van der Waals surface area contributed by atoms with Gasteiger partial charge in [-0.05, 0) is 14.1 Å². The van der Waals surface area contributed by atoms with Crippen molar-refractivity contribution in [3.63, 3.8) is 0 Å². The third-order valence-electron chi connectivity index (χ3n) is 1.42. The average Bonchev–Trinajstić information content (AvgIpc) is 2.50. The van der Waals surface area contributed by atoms with Gasteiger partial charge in [-0.2, -0.15) is 4.98 Å². The van der Waals surface area contributed by atoms with Gasteiger partial charge in [0.2, 0.25) is 0 Å². The second-order valence-electron chi connectivity index (χ2n) is 3.23. The van der Waals surface area contributed by atoms with Gasteiger partial charge < -0.3 is 19.3 Å². The topological polar surface area (TPSA) is 88.7 Å². The molecule has 0 amide bonds. The van der Waals surface area contributed by atoms with Gasteiger partial charge in [0.15, 0.2) is 5.82 Å². The molecule has 0 atom stereocenters. The fraction of sp³-hybridized carbons (Fsp3) is 0.625. The van der Waals surface area contributed by atoms with Gasteiger partial charge in [-0.3, -0.25) is 0 Å². The minimum Gasteiger partial charge on any atom is -0.480 e. The van der Waals surface area contributed by atoms with Gasteiger partial charge in [0.05, 0.1) is 6.54 Å². The predicted molar refractivity (Wildman–Crippen MR) is 49.0 cm³/mol. The number of rotatable bonds is 6. The summed E-state index contributed by atoms with van der Waals surface area (Å²) in [5.41, 5.74) is 0. The van der Waals surface area contributed by atoms with E-state index in [1.54, 1.807) is 0 Å². The molecule has 0 aliphatic heterocycles. The van der Waals surface area contributed by atoms with Crippen LogP contribution in [0.2, 0.25) is 0 Å². The van der Waals surface area contributed by atoms with Crippen LogP contribution in [0.4, 0.5) is 0 Å². The van der Waals surface area contributed by atoms with Crippen LogP contribution >= 0.6 is 0 Å². The fourth-order valence-electron chi connectivity index (χ4n) is 0.921. The molecule has 1 aromatic heterocycles. The molecule has 1 heterocycles. The number of carbonyl (C=O) groups is 1. The molecule has 84 valence electrons. The van der Waals surface area contributed by atoms with E-state index in [2.05, 4.69) is 10.1 Å². The van der Waals surface area contributed by atoms with Gasteiger partial charge in [-0.15, -0.1) is 0 Å². The third-order valence-corrected chi connectivity index (χ3v) is 1.42. The van der Waals surface area contributed by atoms with E-state index in [1.807, 2.05) is 19.0 Å². The van der Waals surface area contributed by atoms with Crippen LogP contribution in [0.3, 0.4) is 0 Å². The van der Waals surface area contributed by atoms with Gasteiger partial charge in [0, 0.05) is 0 Å². The number of carboxylic acid groups (broad SMARTS) is 1. The predicted octanol–water partition coefficient (Wildman–Crippen LogP) is -0.268. The fourth-order valence-corrected chi connectivity index (χ4v) is 0.921. The number of carboxylic acids is 1. The van der Waals surface area contributed by atoms with Crippen molar-refractivity contribution >= 4 is 5.97 Å². The lowest BCUT2D eigenvalue weighted by Gasteiger charge is -2.03. The Kier molecular flexibility index (Phi) is 4.19. The number of aliphatic carboxylic acids is 1. The normalized spacial score (nSPS) is 10.9. The lowest BCUT2D eigenvalue weighted by Crippen LogP contribution is -2.12. The van der Waals surface area contributed by atoms with Crippen molar-refractivity contribution in [3.8, 4) is 0 Å². The Bertz CT molecular complexity index is 323. The largest absolute Gasteiger partial charge is 0.480 e. The minimum absolute atomic E-state index is 0.0206. The van der Waals surface area contributed by atoms with Crippen LogP contribution in [-0.4, -0.2) is 46.8 Å². The van der Waals surface area contributed by atoms with E-state index in [9.17, 15) is 4.79 Å². The first kappa shape index (κ1) is 11.6. The SMILES string of the molecule is CN(C)Cc1noc(COCC(=O)O)n1. The maximum atomic E-state index is 10.1. The zero-order valence-electron chi connectivity index (χ0n) is 8.63. The van der Waals surface area contributed by atoms with E-state index in [0.29, 0.717) is 12.4 Å². The highest BCUT2D eigenvalue weighted by Crippen LogP contribution is 2.00. The molecule has 0 bridgehead atoms. The molecule has 0 spiro atoms. The zero-order valence-corrected chi connectivity index (χ0v) is 8.63. The smallest absolute Gasteiger partial charge is 0.329 e. The van der Waals surface area contributed by atoms with Gasteiger partial charge in [0.25, 0.3) is 5.89 Å². The van der Waals surface area contributed by atoms with Crippen molar-refractivity contribution in [1.82, 2.24) is 15.0 Å². The van der Waals surface area contributed by atoms with Gasteiger partial charge in [-0.25, -0.2) is 4.79 Å². The van der Waals surface area contributed by atoms with Crippen LogP contribution in [0.1, 0.15) is 11.7 Å². The van der Waals surface area contributed by atoms with Crippen molar-refractivity contribution < 1.29 is 19.2 Å². The second kappa shape index (κ2) is 5.42. The summed E-state index contributed by atoms with van der Waals surface area (Å²) >= 11 is 0. The molecule has 0 aliphatic rings. The van der Waals surface area contributed by atoms with Gasteiger partial charge in [0.1, 0.15) is 13.2 Å². The van der Waals surface area contributed by atoms with Crippen LogP contribution in [-0.2, 0) is 22.7 Å². The highest BCUT2D eigenvalue weighted by Gasteiger charge is 2.07. The van der Waals surface area contributed by atoms with Gasteiger partial charge in [-0.1, -0.05) is 5.16 Å². The molecular formula is C8H13N3O4. The molecule has 7 heteroatoms. The van der Waals surface area contributed by atoms with Crippen LogP contribution in [0.5, 0.6) is 0 Å². The van der Waals surface area contributed by atoms with Crippen LogP contribution < -0.4 is 0 Å². The summed E-state index contributed by atoms with van der Waals surface area (Å²) in [7, 11) is 3.77. The van der Waals surface area contributed by atoms with Crippen molar-refractivity contribution in [2.24, 2.45) is 0 Å². The van der Waals surface area contributed by atoms with Crippen molar-refractivity contribution in [3.05, 3.63) is 11.7 Å². The molecule has 1 N–H and O–H groups in total. The average molecular weight is 215 g/mol.